The van der Waals surface area contributed by atoms with Crippen LogP contribution in [-0.4, -0.2) is 27.4 Å². The molecule has 0 saturated heterocycles. The van der Waals surface area contributed by atoms with E-state index in [1.807, 2.05) is 0 Å². The molecule has 1 aromatic rings. The lowest BCUT2D eigenvalue weighted by atomic mass is 9.76. The second-order valence-electron chi connectivity index (χ2n) is 5.37. The van der Waals surface area contributed by atoms with Crippen molar-refractivity contribution >= 4 is 28.9 Å². The highest BCUT2D eigenvalue weighted by molar-refractivity contribution is 6.01. The topological polar surface area (TPSA) is 122 Å². The number of hydrogen-bond acceptors (Lipinski definition) is 5. The number of nitrogens with zero attached hydrogens (tertiary/aromatic N) is 1. The fourth-order valence-corrected chi connectivity index (χ4v) is 2.69. The molecule has 1 saturated carbocycles. The summed E-state index contributed by atoms with van der Waals surface area (Å²) in [5.41, 5.74) is -0.189. The van der Waals surface area contributed by atoms with Gasteiger partial charge in [0.05, 0.1) is 11.3 Å². The van der Waals surface area contributed by atoms with E-state index in [1.54, 1.807) is 0 Å². The molecule has 0 bridgehead atoms. The van der Waals surface area contributed by atoms with Gasteiger partial charge < -0.3 is 15.7 Å². The Morgan fingerprint density at radius 2 is 2.14 bits per heavy atom. The van der Waals surface area contributed by atoms with Crippen molar-refractivity contribution in [2.24, 2.45) is 0 Å². The van der Waals surface area contributed by atoms with Gasteiger partial charge in [0.15, 0.2) is 0 Å². The standard InChI is InChI=1S/C13H13N3O5/c17-11-5-7-4-10(16(20)21)9(6-8(7)14-11)15-13(12(18)19)2-1-3-13/h4,6,15H,1-3,5H2,(H,14,17)(H,18,19). The largest absolute Gasteiger partial charge is 0.480 e. The molecule has 8 heteroatoms. The SMILES string of the molecule is O=C1Cc2cc([N+](=O)[O-])c(NC3(C(=O)O)CCC3)cc2N1. The van der Waals surface area contributed by atoms with Crippen LogP contribution in [0.5, 0.6) is 0 Å². The van der Waals surface area contributed by atoms with Crippen molar-refractivity contribution in [3.63, 3.8) is 0 Å². The number of benzene rings is 1. The third-order valence-corrected chi connectivity index (χ3v) is 4.03. The van der Waals surface area contributed by atoms with Crippen LogP contribution in [-0.2, 0) is 16.0 Å². The van der Waals surface area contributed by atoms with Gasteiger partial charge in [0.2, 0.25) is 5.91 Å². The minimum absolute atomic E-state index is 0.0977. The van der Waals surface area contributed by atoms with E-state index in [0.29, 0.717) is 24.1 Å². The van der Waals surface area contributed by atoms with Crippen LogP contribution in [0.1, 0.15) is 24.8 Å². The number of carboxylic acid groups (broad SMARTS) is 1. The predicted octanol–water partition coefficient (Wildman–Crippen LogP) is 1.51. The maximum Gasteiger partial charge on any atom is 0.329 e. The molecule has 110 valence electrons. The van der Waals surface area contributed by atoms with Crippen molar-refractivity contribution in [1.82, 2.24) is 0 Å². The zero-order valence-corrected chi connectivity index (χ0v) is 11.0. The highest BCUT2D eigenvalue weighted by Gasteiger charge is 2.45. The summed E-state index contributed by atoms with van der Waals surface area (Å²) in [5.74, 6) is -1.25. The summed E-state index contributed by atoms with van der Waals surface area (Å²) >= 11 is 0. The van der Waals surface area contributed by atoms with Gasteiger partial charge in [-0.2, -0.15) is 0 Å². The summed E-state index contributed by atoms with van der Waals surface area (Å²) in [6.07, 6.45) is 1.70. The smallest absolute Gasteiger partial charge is 0.329 e. The molecule has 1 aliphatic carbocycles. The highest BCUT2D eigenvalue weighted by atomic mass is 16.6. The third kappa shape index (κ3) is 2.08. The van der Waals surface area contributed by atoms with E-state index in [2.05, 4.69) is 10.6 Å². The van der Waals surface area contributed by atoms with Gasteiger partial charge in [-0.3, -0.25) is 14.9 Å². The number of hydrogen-bond donors (Lipinski definition) is 3. The molecule has 1 amide bonds. The lowest BCUT2D eigenvalue weighted by Crippen LogP contribution is -2.52. The highest BCUT2D eigenvalue weighted by Crippen LogP contribution is 2.41. The van der Waals surface area contributed by atoms with E-state index in [0.717, 1.165) is 6.42 Å². The Balaban J connectivity index is 2.01. The average Bonchev–Trinajstić information content (AvgIpc) is 2.71. The lowest BCUT2D eigenvalue weighted by Gasteiger charge is -2.38. The third-order valence-electron chi connectivity index (χ3n) is 4.03. The summed E-state index contributed by atoms with van der Waals surface area (Å²) in [6, 6.07) is 2.77. The second-order valence-corrected chi connectivity index (χ2v) is 5.37. The average molecular weight is 291 g/mol. The molecular weight excluding hydrogens is 278 g/mol. The Kier molecular flexibility index (Phi) is 2.82. The van der Waals surface area contributed by atoms with Crippen LogP contribution in [0.2, 0.25) is 0 Å². The lowest BCUT2D eigenvalue weighted by molar-refractivity contribution is -0.384. The monoisotopic (exact) mass is 291 g/mol. The fourth-order valence-electron chi connectivity index (χ4n) is 2.69. The first-order valence-electron chi connectivity index (χ1n) is 6.54. The first-order valence-corrected chi connectivity index (χ1v) is 6.54. The summed E-state index contributed by atoms with van der Waals surface area (Å²) in [7, 11) is 0. The first-order chi connectivity index (χ1) is 9.91. The molecule has 0 spiro atoms. The van der Waals surface area contributed by atoms with Gasteiger partial charge in [0, 0.05) is 11.8 Å². The van der Waals surface area contributed by atoms with Crippen molar-refractivity contribution in [2.75, 3.05) is 10.6 Å². The maximum absolute atomic E-state index is 11.4. The molecule has 1 aromatic carbocycles. The maximum atomic E-state index is 11.4. The second kappa shape index (κ2) is 4.44. The van der Waals surface area contributed by atoms with Gasteiger partial charge in [0.1, 0.15) is 11.2 Å². The molecule has 3 rings (SSSR count). The number of rotatable bonds is 4. The number of aliphatic carboxylic acids is 1. The fraction of sp³-hybridized carbons (Fsp3) is 0.385. The van der Waals surface area contributed by atoms with Crippen molar-refractivity contribution in [3.8, 4) is 0 Å². The van der Waals surface area contributed by atoms with Gasteiger partial charge in [0.25, 0.3) is 5.69 Å². The number of nitrogens with one attached hydrogen (secondary N) is 2. The van der Waals surface area contributed by atoms with Gasteiger partial charge in [-0.1, -0.05) is 0 Å². The number of carbonyl (C=O) groups excluding carboxylic acids is 1. The van der Waals surface area contributed by atoms with Crippen LogP contribution >= 0.6 is 0 Å². The number of anilines is 2. The normalized spacial score (nSPS) is 18.4. The minimum Gasteiger partial charge on any atom is -0.480 e. The van der Waals surface area contributed by atoms with E-state index in [1.165, 1.54) is 12.1 Å². The minimum atomic E-state index is -1.15. The van der Waals surface area contributed by atoms with E-state index < -0.39 is 16.4 Å². The van der Waals surface area contributed by atoms with E-state index >= 15 is 0 Å². The molecule has 21 heavy (non-hydrogen) atoms. The Labute approximate surface area is 119 Å². The van der Waals surface area contributed by atoms with Crippen molar-refractivity contribution in [1.29, 1.82) is 0 Å². The number of nitro groups is 1. The molecule has 2 aliphatic rings. The van der Waals surface area contributed by atoms with Crippen molar-refractivity contribution in [2.45, 2.75) is 31.2 Å². The van der Waals surface area contributed by atoms with Gasteiger partial charge >= 0.3 is 5.97 Å². The Bertz CT molecular complexity index is 666. The van der Waals surface area contributed by atoms with Crippen molar-refractivity contribution < 1.29 is 19.6 Å². The summed E-state index contributed by atoms with van der Waals surface area (Å²) in [5, 5.41) is 25.9. The van der Waals surface area contributed by atoms with Crippen LogP contribution in [0.15, 0.2) is 12.1 Å². The molecular formula is C13H13N3O5. The Hall–Kier alpha value is -2.64. The molecule has 1 aliphatic heterocycles. The summed E-state index contributed by atoms with van der Waals surface area (Å²) in [4.78, 5) is 33.3. The predicted molar refractivity (Wildman–Crippen MR) is 73.3 cm³/mol. The Morgan fingerprint density at radius 3 is 2.67 bits per heavy atom. The van der Waals surface area contributed by atoms with E-state index in [-0.39, 0.29) is 23.7 Å². The number of fused-ring (bicyclic) bond motifs is 1. The quantitative estimate of drug-likeness (QED) is 0.571. The van der Waals surface area contributed by atoms with Crippen LogP contribution in [0.3, 0.4) is 0 Å². The molecule has 0 aromatic heterocycles. The van der Waals surface area contributed by atoms with Crippen molar-refractivity contribution in [3.05, 3.63) is 27.8 Å². The molecule has 8 nitrogen and oxygen atoms in total. The molecule has 3 N–H and O–H groups in total. The molecule has 1 heterocycles. The molecule has 0 unspecified atom stereocenters. The van der Waals surface area contributed by atoms with Gasteiger partial charge in [-0.15, -0.1) is 0 Å². The van der Waals surface area contributed by atoms with E-state index in [9.17, 15) is 24.8 Å². The number of nitro benzene ring substituents is 1. The summed E-state index contributed by atoms with van der Waals surface area (Å²) < 4.78 is 0. The Morgan fingerprint density at radius 1 is 1.43 bits per heavy atom. The van der Waals surface area contributed by atoms with Crippen LogP contribution in [0.4, 0.5) is 17.1 Å². The van der Waals surface area contributed by atoms with Crippen LogP contribution < -0.4 is 10.6 Å². The zero-order valence-electron chi connectivity index (χ0n) is 11.0. The van der Waals surface area contributed by atoms with Crippen LogP contribution in [0.25, 0.3) is 0 Å². The summed E-state index contributed by atoms with van der Waals surface area (Å²) in [6.45, 7) is 0. The number of amides is 1. The van der Waals surface area contributed by atoms with Gasteiger partial charge in [-0.25, -0.2) is 4.79 Å². The zero-order chi connectivity index (χ0) is 15.2. The molecule has 0 radical (unpaired) electrons. The van der Waals surface area contributed by atoms with E-state index in [4.69, 9.17) is 0 Å². The molecule has 1 fully saturated rings. The van der Waals surface area contributed by atoms with Gasteiger partial charge in [-0.05, 0) is 30.9 Å². The first kappa shape index (κ1) is 13.3. The van der Waals surface area contributed by atoms with Crippen LogP contribution in [0, 0.1) is 10.1 Å². The number of carboxylic acids is 1. The molecule has 0 atom stereocenters. The number of carbonyl (C=O) groups is 2.